The van der Waals surface area contributed by atoms with Crippen LogP contribution >= 0.6 is 11.6 Å². The lowest BCUT2D eigenvalue weighted by Gasteiger charge is -2.08. The molecule has 2 heterocycles. The maximum Gasteiger partial charge on any atom is 0.238 e. The molecule has 1 aromatic heterocycles. The van der Waals surface area contributed by atoms with Crippen molar-refractivity contribution < 1.29 is 17.9 Å². The van der Waals surface area contributed by atoms with Crippen molar-refractivity contribution in [3.63, 3.8) is 0 Å². The van der Waals surface area contributed by atoms with E-state index in [0.29, 0.717) is 33.7 Å². The number of amides is 1. The Balaban J connectivity index is 1.62. The quantitative estimate of drug-likeness (QED) is 0.601. The van der Waals surface area contributed by atoms with E-state index in [-0.39, 0.29) is 23.3 Å². The van der Waals surface area contributed by atoms with Gasteiger partial charge < -0.3 is 10.1 Å². The molecular weight excluding hydrogens is 428 g/mol. The van der Waals surface area contributed by atoms with Gasteiger partial charge in [-0.25, -0.2) is 13.6 Å². The van der Waals surface area contributed by atoms with Crippen molar-refractivity contribution in [2.24, 2.45) is 5.14 Å². The van der Waals surface area contributed by atoms with Crippen LogP contribution in [0.15, 0.2) is 47.5 Å². The van der Waals surface area contributed by atoms with Gasteiger partial charge in [0.2, 0.25) is 15.9 Å². The Morgan fingerprint density at radius 3 is 2.83 bits per heavy atom. The third-order valence-electron chi connectivity index (χ3n) is 4.95. The number of nitrogens with one attached hydrogen (secondary N) is 1. The van der Waals surface area contributed by atoms with Crippen LogP contribution in [0.4, 0.5) is 5.69 Å². The average Bonchev–Trinajstić information content (AvgIpc) is 3.31. The van der Waals surface area contributed by atoms with Crippen LogP contribution in [0.25, 0.3) is 10.9 Å². The zero-order chi connectivity index (χ0) is 21.3. The molecular formula is C20H21ClN4O4S. The third kappa shape index (κ3) is 4.65. The lowest BCUT2D eigenvalue weighted by molar-refractivity contribution is -0.115. The fourth-order valence-corrected chi connectivity index (χ4v) is 4.52. The molecule has 0 saturated carbocycles. The first-order chi connectivity index (χ1) is 14.3. The van der Waals surface area contributed by atoms with Crippen LogP contribution in [0.1, 0.15) is 18.4 Å². The number of sulfonamides is 1. The van der Waals surface area contributed by atoms with Gasteiger partial charge >= 0.3 is 0 Å². The number of primary sulfonamides is 1. The van der Waals surface area contributed by atoms with Crippen LogP contribution in [0.2, 0.25) is 5.02 Å². The van der Waals surface area contributed by atoms with Gasteiger partial charge in [-0.15, -0.1) is 0 Å². The Kier molecular flexibility index (Phi) is 5.79. The van der Waals surface area contributed by atoms with Crippen LogP contribution in [0, 0.1) is 0 Å². The molecule has 158 valence electrons. The van der Waals surface area contributed by atoms with Crippen LogP contribution in [0.5, 0.6) is 0 Å². The maximum atomic E-state index is 12.5. The highest BCUT2D eigenvalue weighted by atomic mass is 35.5. The number of benzene rings is 2. The minimum atomic E-state index is -4.02. The largest absolute Gasteiger partial charge is 0.376 e. The first-order valence-corrected chi connectivity index (χ1v) is 11.4. The third-order valence-corrected chi connectivity index (χ3v) is 6.27. The molecule has 0 radical (unpaired) electrons. The molecule has 4 rings (SSSR count). The summed E-state index contributed by atoms with van der Waals surface area (Å²) >= 11 is 6.11. The molecule has 2 aromatic carbocycles. The number of fused-ring (bicyclic) bond motifs is 1. The summed E-state index contributed by atoms with van der Waals surface area (Å²) in [6, 6.07) is 10.0. The fraction of sp³-hybridized carbons (Fsp3) is 0.300. The van der Waals surface area contributed by atoms with Gasteiger partial charge in [-0.2, -0.15) is 5.10 Å². The van der Waals surface area contributed by atoms with Gasteiger partial charge in [0.1, 0.15) is 0 Å². The highest BCUT2D eigenvalue weighted by Crippen LogP contribution is 2.27. The minimum Gasteiger partial charge on any atom is -0.376 e. The molecule has 1 unspecified atom stereocenters. The zero-order valence-corrected chi connectivity index (χ0v) is 17.6. The molecule has 1 fully saturated rings. The monoisotopic (exact) mass is 448 g/mol. The summed E-state index contributed by atoms with van der Waals surface area (Å²) < 4.78 is 31.6. The van der Waals surface area contributed by atoms with E-state index in [1.807, 2.05) is 0 Å². The molecule has 10 heteroatoms. The number of hydrogen-bond donors (Lipinski definition) is 2. The molecule has 1 saturated heterocycles. The van der Waals surface area contributed by atoms with E-state index in [1.165, 1.54) is 6.07 Å². The van der Waals surface area contributed by atoms with Crippen LogP contribution in [-0.2, 0) is 32.5 Å². The summed E-state index contributed by atoms with van der Waals surface area (Å²) in [7, 11) is -4.02. The van der Waals surface area contributed by atoms with Crippen molar-refractivity contribution in [3.8, 4) is 0 Å². The summed E-state index contributed by atoms with van der Waals surface area (Å²) in [6.45, 7) is 1.24. The lowest BCUT2D eigenvalue weighted by atomic mass is 10.1. The summed E-state index contributed by atoms with van der Waals surface area (Å²) in [4.78, 5) is 12.4. The predicted molar refractivity (Wildman–Crippen MR) is 114 cm³/mol. The minimum absolute atomic E-state index is 0.0482. The number of halogens is 1. The predicted octanol–water partition coefficient (Wildman–Crippen LogP) is 2.70. The Morgan fingerprint density at radius 2 is 2.13 bits per heavy atom. The number of carbonyl (C=O) groups excluding carboxylic acids is 1. The van der Waals surface area contributed by atoms with E-state index in [0.717, 1.165) is 19.4 Å². The standard InChI is InChI=1S/C20H21ClN4O4S/c21-17-6-2-1-4-13(17)8-20(26)23-14-9-18-16(19(10-14)30(22,27)28)12-25(24-18)11-15-5-3-7-29-15/h1-2,4,6,9-10,12,15H,3,5,7-8,11H2,(H,23,26)(H2,22,27,28). The molecule has 0 bridgehead atoms. The molecule has 1 aliphatic rings. The van der Waals surface area contributed by atoms with E-state index in [4.69, 9.17) is 21.5 Å². The van der Waals surface area contributed by atoms with Crippen molar-refractivity contribution in [1.82, 2.24) is 9.78 Å². The van der Waals surface area contributed by atoms with Gasteiger partial charge in [0.25, 0.3) is 0 Å². The summed E-state index contributed by atoms with van der Waals surface area (Å²) in [5.41, 5.74) is 1.39. The molecule has 0 aliphatic carbocycles. The Morgan fingerprint density at radius 1 is 1.33 bits per heavy atom. The number of ether oxygens (including phenoxy) is 1. The lowest BCUT2D eigenvalue weighted by Crippen LogP contribution is -2.16. The van der Waals surface area contributed by atoms with E-state index < -0.39 is 10.0 Å². The van der Waals surface area contributed by atoms with Gasteiger partial charge in [0.15, 0.2) is 0 Å². The molecule has 1 aliphatic heterocycles. The first kappa shape index (κ1) is 20.8. The molecule has 8 nitrogen and oxygen atoms in total. The fourth-order valence-electron chi connectivity index (χ4n) is 3.56. The van der Waals surface area contributed by atoms with Crippen LogP contribution < -0.4 is 10.5 Å². The topological polar surface area (TPSA) is 116 Å². The maximum absolute atomic E-state index is 12.5. The highest BCUT2D eigenvalue weighted by molar-refractivity contribution is 7.89. The van der Waals surface area contributed by atoms with E-state index in [2.05, 4.69) is 10.4 Å². The number of carbonyl (C=O) groups is 1. The second-order valence-electron chi connectivity index (χ2n) is 7.25. The molecule has 3 aromatic rings. The zero-order valence-electron chi connectivity index (χ0n) is 16.0. The number of nitrogens with zero attached hydrogens (tertiary/aromatic N) is 2. The average molecular weight is 449 g/mol. The second-order valence-corrected chi connectivity index (χ2v) is 9.19. The number of nitrogens with two attached hydrogens (primary N) is 1. The number of rotatable bonds is 6. The molecule has 3 N–H and O–H groups in total. The SMILES string of the molecule is NS(=O)(=O)c1cc(NC(=O)Cc2ccccc2Cl)cc2nn(CC3CCCO3)cc12. The Labute approximate surface area is 179 Å². The first-order valence-electron chi connectivity index (χ1n) is 9.48. The van der Waals surface area contributed by atoms with Gasteiger partial charge in [0.05, 0.1) is 29.5 Å². The van der Waals surface area contributed by atoms with Crippen molar-refractivity contribution in [2.75, 3.05) is 11.9 Å². The van der Waals surface area contributed by atoms with Gasteiger partial charge in [-0.05, 0) is 36.6 Å². The smallest absolute Gasteiger partial charge is 0.238 e. The van der Waals surface area contributed by atoms with Crippen molar-refractivity contribution >= 4 is 44.1 Å². The van der Waals surface area contributed by atoms with Crippen molar-refractivity contribution in [3.05, 3.63) is 53.2 Å². The highest BCUT2D eigenvalue weighted by Gasteiger charge is 2.21. The van der Waals surface area contributed by atoms with E-state index in [9.17, 15) is 13.2 Å². The number of aromatic nitrogens is 2. The number of anilines is 1. The number of hydrogen-bond acceptors (Lipinski definition) is 5. The van der Waals surface area contributed by atoms with Crippen molar-refractivity contribution in [1.29, 1.82) is 0 Å². The van der Waals surface area contributed by atoms with Gasteiger partial charge in [0, 0.05) is 28.9 Å². The second kappa shape index (κ2) is 8.35. The van der Waals surface area contributed by atoms with Gasteiger partial charge in [-0.3, -0.25) is 9.48 Å². The van der Waals surface area contributed by atoms with Crippen LogP contribution in [-0.4, -0.2) is 36.8 Å². The summed E-state index contributed by atoms with van der Waals surface area (Å²) in [6.07, 6.45) is 3.67. The molecule has 0 spiro atoms. The normalized spacial score (nSPS) is 16.8. The Bertz CT molecular complexity index is 1200. The molecule has 30 heavy (non-hydrogen) atoms. The van der Waals surface area contributed by atoms with Gasteiger partial charge in [-0.1, -0.05) is 29.8 Å². The Hall–Kier alpha value is -2.46. The van der Waals surface area contributed by atoms with E-state index in [1.54, 1.807) is 41.2 Å². The molecule has 1 amide bonds. The summed E-state index contributed by atoms with van der Waals surface area (Å²) in [5, 5.41) is 13.5. The van der Waals surface area contributed by atoms with E-state index >= 15 is 0 Å². The summed E-state index contributed by atoms with van der Waals surface area (Å²) in [5.74, 6) is -0.332. The van der Waals surface area contributed by atoms with Crippen molar-refractivity contribution in [2.45, 2.75) is 36.8 Å². The molecule has 1 atom stereocenters. The van der Waals surface area contributed by atoms with Crippen LogP contribution in [0.3, 0.4) is 0 Å².